The van der Waals surface area contributed by atoms with Gasteiger partial charge in [-0.05, 0) is 90.7 Å². The summed E-state index contributed by atoms with van der Waals surface area (Å²) in [7, 11) is -2.91. The average Bonchev–Trinajstić information content (AvgIpc) is 3.07. The summed E-state index contributed by atoms with van der Waals surface area (Å²) >= 11 is 0. The van der Waals surface area contributed by atoms with Crippen LogP contribution in [0.2, 0.25) is 36.3 Å². The number of hydrogen-bond acceptors (Lipinski definition) is 11. The van der Waals surface area contributed by atoms with E-state index in [4.69, 9.17) is 33.3 Å². The maximum absolute atomic E-state index is 10.8. The number of rotatable bonds is 14. The van der Waals surface area contributed by atoms with Crippen molar-refractivity contribution in [2.24, 2.45) is 22.1 Å². The molecule has 1 aromatic carbocycles. The van der Waals surface area contributed by atoms with Gasteiger partial charge < -0.3 is 43.1 Å². The second-order valence-corrected chi connectivity index (χ2v) is 26.0. The zero-order valence-electron chi connectivity index (χ0n) is 34.4. The second kappa shape index (κ2) is 19.1. The Balaban J connectivity index is 0.000000390. The fourth-order valence-electron chi connectivity index (χ4n) is 5.95. The van der Waals surface area contributed by atoms with Gasteiger partial charge in [0.2, 0.25) is 0 Å². The highest BCUT2D eigenvalue weighted by Gasteiger charge is 2.52. The van der Waals surface area contributed by atoms with E-state index in [0.717, 1.165) is 11.3 Å². The summed E-state index contributed by atoms with van der Waals surface area (Å²) in [6.07, 6.45) is -6.73. The number of nitrogens with zero attached hydrogens (tertiary/aromatic N) is 6. The van der Waals surface area contributed by atoms with Gasteiger partial charge in [-0.15, -0.1) is 0 Å². The Bertz CT molecular complexity index is 1400. The summed E-state index contributed by atoms with van der Waals surface area (Å²) in [5.41, 5.74) is 18.8. The summed E-state index contributed by atoms with van der Waals surface area (Å²) in [5.74, 6) is 1.56. The fourth-order valence-corrected chi connectivity index (χ4v) is 10.9. The number of benzene rings is 1. The molecule has 0 saturated carbocycles. The molecule has 2 aliphatic heterocycles. The Morgan fingerprint density at radius 1 is 0.736 bits per heavy atom. The molecule has 1 aromatic rings. The Kier molecular flexibility index (Phi) is 16.9. The van der Waals surface area contributed by atoms with Crippen molar-refractivity contribution in [2.75, 3.05) is 7.11 Å². The van der Waals surface area contributed by atoms with Gasteiger partial charge in [-0.2, -0.15) is 0 Å². The maximum atomic E-state index is 10.8. The van der Waals surface area contributed by atoms with E-state index < -0.39 is 77.9 Å². The summed E-state index contributed by atoms with van der Waals surface area (Å²) in [6.45, 7) is 29.5. The quantitative estimate of drug-likeness (QED) is 0.0725. The lowest BCUT2D eigenvalue weighted by atomic mass is 9.98. The molecule has 0 amide bonds. The number of aliphatic hydroxyl groups excluding tert-OH is 3. The minimum absolute atomic E-state index is 0.0402. The van der Waals surface area contributed by atoms with E-state index in [-0.39, 0.29) is 16.7 Å². The molecule has 0 bridgehead atoms. The highest BCUT2D eigenvalue weighted by atomic mass is 28.4. The minimum atomic E-state index is -2.29. The highest BCUT2D eigenvalue weighted by Crippen LogP contribution is 2.47. The topological polar surface area (TPSA) is 214 Å². The molecule has 2 aliphatic rings. The molecule has 0 aromatic heterocycles. The predicted molar refractivity (Wildman–Crippen MR) is 209 cm³/mol. The Morgan fingerprint density at radius 2 is 1.15 bits per heavy atom. The van der Waals surface area contributed by atoms with Gasteiger partial charge in [-0.25, -0.2) is 0 Å². The highest BCUT2D eigenvalue weighted by molar-refractivity contribution is 6.74. The minimum Gasteiger partial charge on any atom is -0.497 e. The summed E-state index contributed by atoms with van der Waals surface area (Å²) in [4.78, 5) is 5.75. The Hall–Kier alpha value is -2.25. The van der Waals surface area contributed by atoms with Crippen molar-refractivity contribution in [2.45, 2.75) is 173 Å². The van der Waals surface area contributed by atoms with Crippen LogP contribution in [-0.4, -0.2) is 100 Å². The first-order valence-electron chi connectivity index (χ1n) is 18.4. The second-order valence-electron chi connectivity index (χ2n) is 16.9. The third-order valence-corrected chi connectivity index (χ3v) is 21.4. The third-order valence-electron chi connectivity index (χ3n) is 12.4. The lowest BCUT2D eigenvalue weighted by Crippen LogP contribution is -2.60. The van der Waals surface area contributed by atoms with E-state index in [1.165, 1.54) is 0 Å². The summed E-state index contributed by atoms with van der Waals surface area (Å²) < 4.78 is 35.7. The van der Waals surface area contributed by atoms with Gasteiger partial charge in [-0.1, -0.05) is 77.8 Å². The van der Waals surface area contributed by atoms with E-state index in [1.54, 1.807) is 21.0 Å². The molecule has 302 valence electrons. The van der Waals surface area contributed by atoms with Crippen LogP contribution in [0.25, 0.3) is 20.9 Å². The number of methoxy groups -OCH3 is 1. The van der Waals surface area contributed by atoms with Gasteiger partial charge >= 0.3 is 0 Å². The van der Waals surface area contributed by atoms with Gasteiger partial charge in [0.15, 0.2) is 29.2 Å². The van der Waals surface area contributed by atoms with Gasteiger partial charge in [0.25, 0.3) is 0 Å². The van der Waals surface area contributed by atoms with Crippen LogP contribution in [0.4, 0.5) is 0 Å². The smallest absolute Gasteiger partial charge is 0.196 e. The molecule has 0 radical (unpaired) electrons. The molecule has 2 saturated heterocycles. The van der Waals surface area contributed by atoms with E-state index >= 15 is 0 Å². The summed E-state index contributed by atoms with van der Waals surface area (Å²) in [6, 6.07) is 5.73. The van der Waals surface area contributed by atoms with Crippen LogP contribution < -0.4 is 4.74 Å². The largest absolute Gasteiger partial charge is 0.497 e. The standard InChI is InChI=1S/C22H37N3O5Si.C14H29N3O4Si/c1-14(2)22(4,5)31(7,8)30-21-18(24-25-23)20(19(26)15(3)29-21)28-13-16-9-11-17(27-6)12-10-16;1-8(2)14(4,5)22(6,7)21-13-10(16-17-15)12(19)11(18)9(3)20-13/h9-12,14-15,18-21,26H,13H2,1-8H3;8-13,18-19H,1-7H3/t15-,18?,19+,20+,21+;9-,10?,11+,12+,13+/m00/s1. The van der Waals surface area contributed by atoms with Crippen LogP contribution in [0.1, 0.15) is 74.8 Å². The van der Waals surface area contributed by atoms with Crippen molar-refractivity contribution in [3.8, 4) is 5.75 Å². The predicted octanol–water partition coefficient (Wildman–Crippen LogP) is 7.81. The molecule has 2 heterocycles. The van der Waals surface area contributed by atoms with Crippen LogP contribution in [0.15, 0.2) is 34.5 Å². The molecule has 2 fully saturated rings. The van der Waals surface area contributed by atoms with Gasteiger partial charge in [0.05, 0.1) is 38.1 Å². The lowest BCUT2D eigenvalue weighted by molar-refractivity contribution is -0.242. The number of ether oxygens (including phenoxy) is 4. The van der Waals surface area contributed by atoms with Crippen molar-refractivity contribution >= 4 is 16.6 Å². The zero-order valence-corrected chi connectivity index (χ0v) is 36.4. The number of aliphatic hydroxyl groups is 3. The molecular formula is C36H66N6O9Si2. The third kappa shape index (κ3) is 11.2. The van der Waals surface area contributed by atoms with Crippen molar-refractivity contribution in [3.05, 3.63) is 50.7 Å². The molecule has 17 heteroatoms. The van der Waals surface area contributed by atoms with E-state index in [9.17, 15) is 20.9 Å². The molecule has 3 N–H and O–H groups in total. The van der Waals surface area contributed by atoms with Crippen molar-refractivity contribution < 1.29 is 43.1 Å². The zero-order chi connectivity index (χ0) is 40.7. The molecule has 2 unspecified atom stereocenters. The molecule has 0 spiro atoms. The van der Waals surface area contributed by atoms with Crippen molar-refractivity contribution in [1.29, 1.82) is 0 Å². The first kappa shape index (κ1) is 46.9. The van der Waals surface area contributed by atoms with Crippen LogP contribution in [-0.2, 0) is 29.7 Å². The Labute approximate surface area is 318 Å². The van der Waals surface area contributed by atoms with Crippen LogP contribution in [0.5, 0.6) is 5.75 Å². The van der Waals surface area contributed by atoms with Crippen LogP contribution >= 0.6 is 0 Å². The lowest BCUT2D eigenvalue weighted by Gasteiger charge is -2.48. The molecule has 3 rings (SSSR count). The van der Waals surface area contributed by atoms with Crippen LogP contribution in [0, 0.1) is 11.8 Å². The normalized spacial score (nSPS) is 29.8. The van der Waals surface area contributed by atoms with Crippen molar-refractivity contribution in [1.82, 2.24) is 0 Å². The van der Waals surface area contributed by atoms with E-state index in [2.05, 4.69) is 102 Å². The van der Waals surface area contributed by atoms with Gasteiger partial charge in [0.1, 0.15) is 30.0 Å². The van der Waals surface area contributed by atoms with Crippen molar-refractivity contribution in [3.63, 3.8) is 0 Å². The van der Waals surface area contributed by atoms with Gasteiger partial charge in [-0.3, -0.25) is 0 Å². The van der Waals surface area contributed by atoms with Gasteiger partial charge in [0, 0.05) is 9.82 Å². The molecule has 10 atom stereocenters. The van der Waals surface area contributed by atoms with E-state index in [1.807, 2.05) is 24.3 Å². The monoisotopic (exact) mass is 782 g/mol. The molecular weight excluding hydrogens is 717 g/mol. The molecule has 15 nitrogen and oxygen atoms in total. The first-order valence-corrected chi connectivity index (χ1v) is 24.2. The van der Waals surface area contributed by atoms with Crippen LogP contribution in [0.3, 0.4) is 0 Å². The maximum Gasteiger partial charge on any atom is 0.196 e. The number of hydrogen-bond donors (Lipinski definition) is 3. The molecule has 0 aliphatic carbocycles. The first-order chi connectivity index (χ1) is 24.4. The summed E-state index contributed by atoms with van der Waals surface area (Å²) in [5, 5.41) is 38.3. The van der Waals surface area contributed by atoms with E-state index in [0.29, 0.717) is 11.8 Å². The number of azide groups is 2. The average molecular weight is 783 g/mol. The SMILES string of the molecule is CC(C)C(C)(C)[Si](C)(C)O[C@H]1O[C@@H](C)[C@@H](O)[C@H](O)C1N=[N+]=[N-].COc1ccc(CO[C@@H]2C(N=[N+]=[N-])[C@@H](O[Si](C)(C)C(C)(C)C(C)C)O[C@@H](C)[C@H]2O)cc1. The Morgan fingerprint density at radius 3 is 1.57 bits per heavy atom. The molecule has 53 heavy (non-hydrogen) atoms. The fraction of sp³-hybridized carbons (Fsp3) is 0.833.